The Hall–Kier alpha value is -0.240. The molecule has 0 saturated heterocycles. The molecule has 0 bridgehead atoms. The maximum Gasteiger partial charge on any atom is 0.220 e. The van der Waals surface area contributed by atoms with Crippen LogP contribution in [0.2, 0.25) is 0 Å². The number of carbonyl (C=O) groups excluding carboxylic acids is 1. The topological polar surface area (TPSA) is 29.1 Å². The minimum Gasteiger partial charge on any atom is -0.356 e. The van der Waals surface area contributed by atoms with Crippen LogP contribution >= 0.6 is 11.6 Å². The van der Waals surface area contributed by atoms with Gasteiger partial charge in [-0.3, -0.25) is 4.79 Å². The van der Waals surface area contributed by atoms with Gasteiger partial charge in [-0.15, -0.1) is 11.6 Å². The van der Waals surface area contributed by atoms with E-state index < -0.39 is 0 Å². The zero-order valence-electron chi connectivity index (χ0n) is 10.3. The number of nitrogens with one attached hydrogen (secondary N) is 1. The van der Waals surface area contributed by atoms with E-state index in [1.807, 2.05) is 6.92 Å². The van der Waals surface area contributed by atoms with Crippen molar-refractivity contribution in [2.75, 3.05) is 6.54 Å². The number of halogens is 1. The van der Waals surface area contributed by atoms with Crippen molar-refractivity contribution >= 4 is 17.5 Å². The van der Waals surface area contributed by atoms with Crippen LogP contribution in [0.25, 0.3) is 0 Å². The monoisotopic (exact) mass is 245 g/mol. The van der Waals surface area contributed by atoms with Crippen molar-refractivity contribution < 1.29 is 4.79 Å². The number of hydrogen-bond acceptors (Lipinski definition) is 1. The molecule has 16 heavy (non-hydrogen) atoms. The van der Waals surface area contributed by atoms with Crippen molar-refractivity contribution in [3.05, 3.63) is 0 Å². The Morgan fingerprint density at radius 3 is 2.75 bits per heavy atom. The summed E-state index contributed by atoms with van der Waals surface area (Å²) in [6, 6.07) is 0. The van der Waals surface area contributed by atoms with Gasteiger partial charge in [0.1, 0.15) is 0 Å². The molecule has 0 aliphatic heterocycles. The van der Waals surface area contributed by atoms with Crippen LogP contribution in [-0.2, 0) is 4.79 Å². The van der Waals surface area contributed by atoms with E-state index in [9.17, 15) is 4.79 Å². The fraction of sp³-hybridized carbons (Fsp3) is 0.923. The van der Waals surface area contributed by atoms with Crippen LogP contribution < -0.4 is 5.32 Å². The number of amides is 1. The third-order valence-electron chi connectivity index (χ3n) is 3.36. The van der Waals surface area contributed by atoms with E-state index in [2.05, 4.69) is 5.32 Å². The molecular formula is C13H24ClNO. The van der Waals surface area contributed by atoms with E-state index in [0.29, 0.717) is 6.42 Å². The molecule has 0 heterocycles. The smallest absolute Gasteiger partial charge is 0.220 e. The summed E-state index contributed by atoms with van der Waals surface area (Å²) in [4.78, 5) is 11.5. The van der Waals surface area contributed by atoms with Crippen molar-refractivity contribution in [1.82, 2.24) is 5.32 Å². The Labute approximate surface area is 104 Å². The number of hydrogen-bond donors (Lipinski definition) is 1. The van der Waals surface area contributed by atoms with Gasteiger partial charge < -0.3 is 5.32 Å². The van der Waals surface area contributed by atoms with Gasteiger partial charge in [0, 0.05) is 18.3 Å². The van der Waals surface area contributed by atoms with Crippen molar-refractivity contribution in [2.45, 2.75) is 63.7 Å². The largest absolute Gasteiger partial charge is 0.356 e. The Kier molecular flexibility index (Phi) is 6.86. The average molecular weight is 246 g/mol. The first-order valence-corrected chi connectivity index (χ1v) is 7.03. The zero-order chi connectivity index (χ0) is 11.8. The van der Waals surface area contributed by atoms with Crippen LogP contribution in [0.4, 0.5) is 0 Å². The molecule has 0 radical (unpaired) electrons. The van der Waals surface area contributed by atoms with Crippen LogP contribution in [0.1, 0.15) is 58.3 Å². The highest BCUT2D eigenvalue weighted by atomic mass is 35.5. The second-order valence-electron chi connectivity index (χ2n) is 4.96. The van der Waals surface area contributed by atoms with Gasteiger partial charge in [0.25, 0.3) is 0 Å². The van der Waals surface area contributed by atoms with Gasteiger partial charge in [0.2, 0.25) is 5.91 Å². The first-order valence-electron chi connectivity index (χ1n) is 6.59. The van der Waals surface area contributed by atoms with Crippen LogP contribution in [0.3, 0.4) is 0 Å². The quantitative estimate of drug-likeness (QED) is 0.540. The fourth-order valence-electron chi connectivity index (χ4n) is 2.33. The number of carbonyl (C=O) groups is 1. The molecule has 1 aliphatic rings. The second kappa shape index (κ2) is 7.94. The van der Waals surface area contributed by atoms with Gasteiger partial charge in [-0.1, -0.05) is 25.7 Å². The lowest BCUT2D eigenvalue weighted by molar-refractivity contribution is -0.121. The predicted octanol–water partition coefficient (Wildman–Crippen LogP) is 3.48. The van der Waals surface area contributed by atoms with Crippen LogP contribution in [0.15, 0.2) is 0 Å². The molecule has 1 fully saturated rings. The molecule has 1 unspecified atom stereocenters. The summed E-state index contributed by atoms with van der Waals surface area (Å²) >= 11 is 5.83. The van der Waals surface area contributed by atoms with Gasteiger partial charge >= 0.3 is 0 Å². The van der Waals surface area contributed by atoms with Gasteiger partial charge in [-0.25, -0.2) is 0 Å². The third kappa shape index (κ3) is 6.37. The summed E-state index contributed by atoms with van der Waals surface area (Å²) in [7, 11) is 0. The number of rotatable bonds is 7. The fourth-order valence-corrected chi connectivity index (χ4v) is 2.49. The molecule has 0 spiro atoms. The van der Waals surface area contributed by atoms with Crippen LogP contribution in [-0.4, -0.2) is 17.8 Å². The molecule has 0 aromatic heterocycles. The summed E-state index contributed by atoms with van der Waals surface area (Å²) in [5.41, 5.74) is 0. The van der Waals surface area contributed by atoms with E-state index in [1.54, 1.807) is 0 Å². The zero-order valence-corrected chi connectivity index (χ0v) is 11.1. The van der Waals surface area contributed by atoms with Crippen molar-refractivity contribution in [1.29, 1.82) is 0 Å². The van der Waals surface area contributed by atoms with Gasteiger partial charge in [-0.05, 0) is 32.1 Å². The first-order chi connectivity index (χ1) is 7.68. The summed E-state index contributed by atoms with van der Waals surface area (Å²) < 4.78 is 0. The second-order valence-corrected chi connectivity index (χ2v) is 5.71. The van der Waals surface area contributed by atoms with E-state index >= 15 is 0 Å². The lowest BCUT2D eigenvalue weighted by atomic mass is 10.0. The highest BCUT2D eigenvalue weighted by molar-refractivity contribution is 6.20. The van der Waals surface area contributed by atoms with Crippen LogP contribution in [0.5, 0.6) is 0 Å². The molecule has 1 atom stereocenters. The summed E-state index contributed by atoms with van der Waals surface area (Å²) in [6.45, 7) is 2.77. The van der Waals surface area contributed by atoms with E-state index in [4.69, 9.17) is 11.6 Å². The molecule has 94 valence electrons. The molecule has 1 rings (SSSR count). The highest BCUT2D eigenvalue weighted by Crippen LogP contribution is 2.28. The molecule has 1 N–H and O–H groups in total. The SMILES string of the molecule is CC(Cl)CCCNC(=O)CCC1CCCC1. The predicted molar refractivity (Wildman–Crippen MR) is 68.8 cm³/mol. The molecule has 1 amide bonds. The highest BCUT2D eigenvalue weighted by Gasteiger charge is 2.15. The molecule has 3 heteroatoms. The Bertz CT molecular complexity index is 200. The minimum atomic E-state index is 0.217. The summed E-state index contributed by atoms with van der Waals surface area (Å²) in [5.74, 6) is 1.03. The van der Waals surface area contributed by atoms with E-state index in [0.717, 1.165) is 31.7 Å². The lowest BCUT2D eigenvalue weighted by Crippen LogP contribution is -2.24. The molecule has 0 aromatic carbocycles. The molecule has 1 saturated carbocycles. The molecule has 0 aromatic rings. The van der Waals surface area contributed by atoms with Crippen molar-refractivity contribution in [3.63, 3.8) is 0 Å². The minimum absolute atomic E-state index is 0.217. The van der Waals surface area contributed by atoms with Crippen molar-refractivity contribution in [3.8, 4) is 0 Å². The normalized spacial score (nSPS) is 18.6. The van der Waals surface area contributed by atoms with Gasteiger partial charge in [0.15, 0.2) is 0 Å². The van der Waals surface area contributed by atoms with E-state index in [-0.39, 0.29) is 11.3 Å². The lowest BCUT2D eigenvalue weighted by Gasteiger charge is -2.09. The first kappa shape index (κ1) is 13.8. The van der Waals surface area contributed by atoms with Gasteiger partial charge in [0.05, 0.1) is 0 Å². The van der Waals surface area contributed by atoms with E-state index in [1.165, 1.54) is 25.7 Å². The maximum absolute atomic E-state index is 11.5. The molecular weight excluding hydrogens is 222 g/mol. The maximum atomic E-state index is 11.5. The Balaban J connectivity index is 1.94. The van der Waals surface area contributed by atoms with Crippen LogP contribution in [0, 0.1) is 5.92 Å². The average Bonchev–Trinajstić information content (AvgIpc) is 2.74. The molecule has 1 aliphatic carbocycles. The van der Waals surface area contributed by atoms with Crippen molar-refractivity contribution in [2.24, 2.45) is 5.92 Å². The standard InChI is InChI=1S/C13H24ClNO/c1-11(14)5-4-10-15-13(16)9-8-12-6-2-3-7-12/h11-12H,2-10H2,1H3,(H,15,16). The number of alkyl halides is 1. The Morgan fingerprint density at radius 2 is 2.12 bits per heavy atom. The Morgan fingerprint density at radius 1 is 1.44 bits per heavy atom. The van der Waals surface area contributed by atoms with Gasteiger partial charge in [-0.2, -0.15) is 0 Å². The molecule has 2 nitrogen and oxygen atoms in total. The summed E-state index contributed by atoms with van der Waals surface area (Å²) in [6.07, 6.45) is 9.14. The summed E-state index contributed by atoms with van der Waals surface area (Å²) in [5, 5.41) is 3.18. The third-order valence-corrected chi connectivity index (χ3v) is 3.57.